The van der Waals surface area contributed by atoms with Crippen molar-refractivity contribution in [3.8, 4) is 5.75 Å². The third-order valence-electron chi connectivity index (χ3n) is 4.70. The van der Waals surface area contributed by atoms with Crippen molar-refractivity contribution in [3.63, 3.8) is 0 Å². The fraction of sp³-hybridized carbons (Fsp3) is 0.190. The molecule has 136 valence electrons. The molecule has 1 unspecified atom stereocenters. The van der Waals surface area contributed by atoms with Crippen LogP contribution in [0.4, 0.5) is 10.1 Å². The minimum atomic E-state index is -0.414. The molecule has 0 fully saturated rings. The second-order valence-corrected chi connectivity index (χ2v) is 6.58. The number of halogens is 1. The minimum Gasteiger partial charge on any atom is -0.483 e. The number of rotatable bonds is 4. The van der Waals surface area contributed by atoms with Gasteiger partial charge < -0.3 is 10.1 Å². The Morgan fingerprint density at radius 1 is 1.26 bits per heavy atom. The normalized spacial score (nSPS) is 15.6. The first kappa shape index (κ1) is 17.1. The Labute approximate surface area is 155 Å². The first-order chi connectivity index (χ1) is 13.0. The molecule has 0 radical (unpaired) electrons. The number of carbonyl (C=O) groups is 2. The van der Waals surface area contributed by atoms with Crippen LogP contribution in [0.5, 0.6) is 5.75 Å². The predicted octanol–water partition coefficient (Wildman–Crippen LogP) is 4.08. The van der Waals surface area contributed by atoms with Gasteiger partial charge in [0.1, 0.15) is 11.6 Å². The van der Waals surface area contributed by atoms with Gasteiger partial charge in [-0.3, -0.25) is 14.6 Å². The van der Waals surface area contributed by atoms with Crippen LogP contribution in [0, 0.1) is 5.82 Å². The summed E-state index contributed by atoms with van der Waals surface area (Å²) in [4.78, 5) is 28.8. The van der Waals surface area contributed by atoms with E-state index < -0.39 is 5.82 Å². The maximum Gasteiger partial charge on any atom is 0.262 e. The van der Waals surface area contributed by atoms with Crippen LogP contribution < -0.4 is 10.1 Å². The SMILES string of the molecule is CC1CC(=O)c2c(OCC(=O)Nc3cccc4ncccc34)ccc(F)c21. The number of Topliss-reactive ketones (excluding diaryl/α,β-unsaturated/α-hetero) is 1. The van der Waals surface area contributed by atoms with Crippen molar-refractivity contribution in [2.24, 2.45) is 0 Å². The molecule has 1 atom stereocenters. The lowest BCUT2D eigenvalue weighted by molar-refractivity contribution is -0.118. The number of ketones is 1. The standard InChI is InChI=1S/C21H17FN2O3/c1-12-10-17(25)21-18(8-7-14(22)20(12)21)27-11-19(26)24-16-6-2-5-15-13(16)4-3-9-23-15/h2-9,12H,10-11H2,1H3,(H,24,26). The van der Waals surface area contributed by atoms with E-state index in [-0.39, 0.29) is 41.9 Å². The second-order valence-electron chi connectivity index (χ2n) is 6.58. The van der Waals surface area contributed by atoms with Crippen LogP contribution in [0.15, 0.2) is 48.7 Å². The van der Waals surface area contributed by atoms with Gasteiger partial charge in [-0.05, 0) is 42.3 Å². The molecular weight excluding hydrogens is 347 g/mol. The van der Waals surface area contributed by atoms with E-state index in [0.29, 0.717) is 11.3 Å². The van der Waals surface area contributed by atoms with Gasteiger partial charge in [-0.1, -0.05) is 13.0 Å². The van der Waals surface area contributed by atoms with Crippen LogP contribution in [0.3, 0.4) is 0 Å². The lowest BCUT2D eigenvalue weighted by atomic mass is 10.0. The molecule has 2 aromatic carbocycles. The van der Waals surface area contributed by atoms with Gasteiger partial charge in [0, 0.05) is 23.6 Å². The van der Waals surface area contributed by atoms with E-state index in [2.05, 4.69) is 10.3 Å². The number of hydrogen-bond acceptors (Lipinski definition) is 4. The number of carbonyl (C=O) groups excluding carboxylic acids is 2. The lowest BCUT2D eigenvalue weighted by Crippen LogP contribution is -2.21. The molecule has 1 amide bonds. The first-order valence-electron chi connectivity index (χ1n) is 8.66. The highest BCUT2D eigenvalue weighted by Crippen LogP contribution is 2.39. The number of fused-ring (bicyclic) bond motifs is 2. The molecule has 6 heteroatoms. The van der Waals surface area contributed by atoms with Crippen molar-refractivity contribution < 1.29 is 18.7 Å². The summed E-state index contributed by atoms with van der Waals surface area (Å²) >= 11 is 0. The Morgan fingerprint density at radius 3 is 2.96 bits per heavy atom. The monoisotopic (exact) mass is 364 g/mol. The zero-order valence-electron chi connectivity index (χ0n) is 14.7. The van der Waals surface area contributed by atoms with Crippen LogP contribution in [0.25, 0.3) is 10.9 Å². The number of aromatic nitrogens is 1. The Morgan fingerprint density at radius 2 is 2.11 bits per heavy atom. The van der Waals surface area contributed by atoms with E-state index >= 15 is 0 Å². The van der Waals surface area contributed by atoms with Gasteiger partial charge in [0.05, 0.1) is 16.8 Å². The maximum absolute atomic E-state index is 14.0. The number of benzene rings is 2. The third-order valence-corrected chi connectivity index (χ3v) is 4.70. The van der Waals surface area contributed by atoms with Crippen molar-refractivity contribution in [1.82, 2.24) is 4.98 Å². The van der Waals surface area contributed by atoms with E-state index in [9.17, 15) is 14.0 Å². The molecule has 4 rings (SSSR count). The summed E-state index contributed by atoms with van der Waals surface area (Å²) in [6.07, 6.45) is 1.94. The zero-order chi connectivity index (χ0) is 19.0. The van der Waals surface area contributed by atoms with Crippen LogP contribution >= 0.6 is 0 Å². The number of nitrogens with zero attached hydrogens (tertiary/aromatic N) is 1. The average Bonchev–Trinajstić information content (AvgIpc) is 2.97. The molecule has 1 aliphatic carbocycles. The number of amides is 1. The van der Waals surface area contributed by atoms with E-state index in [1.165, 1.54) is 12.1 Å². The largest absolute Gasteiger partial charge is 0.483 e. The summed E-state index contributed by atoms with van der Waals surface area (Å²) in [6.45, 7) is 1.52. The smallest absolute Gasteiger partial charge is 0.262 e. The lowest BCUT2D eigenvalue weighted by Gasteiger charge is -2.12. The van der Waals surface area contributed by atoms with Crippen LogP contribution in [-0.2, 0) is 4.79 Å². The fourth-order valence-electron chi connectivity index (χ4n) is 3.49. The molecule has 0 spiro atoms. The first-order valence-corrected chi connectivity index (χ1v) is 8.66. The predicted molar refractivity (Wildman–Crippen MR) is 99.6 cm³/mol. The summed E-state index contributed by atoms with van der Waals surface area (Å²) in [5, 5.41) is 3.61. The van der Waals surface area contributed by atoms with Crippen molar-refractivity contribution in [2.45, 2.75) is 19.3 Å². The highest BCUT2D eigenvalue weighted by atomic mass is 19.1. The Bertz CT molecular complexity index is 1060. The van der Waals surface area contributed by atoms with Crippen LogP contribution in [-0.4, -0.2) is 23.3 Å². The summed E-state index contributed by atoms with van der Waals surface area (Å²) in [6, 6.07) is 11.8. The third kappa shape index (κ3) is 3.14. The Hall–Kier alpha value is -3.28. The van der Waals surface area contributed by atoms with E-state index in [1.807, 2.05) is 12.1 Å². The summed E-state index contributed by atoms with van der Waals surface area (Å²) in [5.74, 6) is -0.887. The van der Waals surface area contributed by atoms with E-state index in [4.69, 9.17) is 4.74 Å². The van der Waals surface area contributed by atoms with Crippen LogP contribution in [0.1, 0.15) is 35.2 Å². The minimum absolute atomic E-state index is 0.160. The van der Waals surface area contributed by atoms with Gasteiger partial charge >= 0.3 is 0 Å². The van der Waals surface area contributed by atoms with Crippen molar-refractivity contribution in [1.29, 1.82) is 0 Å². The van der Waals surface area contributed by atoms with E-state index in [0.717, 1.165) is 10.9 Å². The molecule has 5 nitrogen and oxygen atoms in total. The number of pyridine rings is 1. The van der Waals surface area contributed by atoms with Gasteiger partial charge in [0.15, 0.2) is 12.4 Å². The van der Waals surface area contributed by atoms with Crippen molar-refractivity contribution in [2.75, 3.05) is 11.9 Å². The molecule has 0 saturated carbocycles. The highest BCUT2D eigenvalue weighted by molar-refractivity contribution is 6.04. The molecule has 1 N–H and O–H groups in total. The van der Waals surface area contributed by atoms with Crippen molar-refractivity contribution in [3.05, 3.63) is 65.6 Å². The van der Waals surface area contributed by atoms with Crippen molar-refractivity contribution >= 4 is 28.3 Å². The molecule has 0 saturated heterocycles. The fourth-order valence-corrected chi connectivity index (χ4v) is 3.49. The summed E-state index contributed by atoms with van der Waals surface area (Å²) in [5.41, 5.74) is 2.03. The van der Waals surface area contributed by atoms with Gasteiger partial charge in [-0.25, -0.2) is 4.39 Å². The molecule has 1 aliphatic rings. The van der Waals surface area contributed by atoms with Gasteiger partial charge in [0.2, 0.25) is 0 Å². The zero-order valence-corrected chi connectivity index (χ0v) is 14.7. The average molecular weight is 364 g/mol. The maximum atomic E-state index is 14.0. The molecule has 0 aliphatic heterocycles. The summed E-state index contributed by atoms with van der Waals surface area (Å²) in [7, 11) is 0. The molecule has 1 heterocycles. The highest BCUT2D eigenvalue weighted by Gasteiger charge is 2.32. The van der Waals surface area contributed by atoms with Gasteiger partial charge in [-0.2, -0.15) is 0 Å². The number of anilines is 1. The van der Waals surface area contributed by atoms with Gasteiger partial charge in [0.25, 0.3) is 5.91 Å². The second kappa shape index (κ2) is 6.79. The number of ether oxygens (including phenoxy) is 1. The Balaban J connectivity index is 1.52. The Kier molecular flexibility index (Phi) is 4.32. The molecule has 0 bridgehead atoms. The quantitative estimate of drug-likeness (QED) is 0.757. The van der Waals surface area contributed by atoms with Gasteiger partial charge in [-0.15, -0.1) is 0 Å². The summed E-state index contributed by atoms with van der Waals surface area (Å²) < 4.78 is 19.6. The van der Waals surface area contributed by atoms with E-state index in [1.54, 1.807) is 31.3 Å². The molecular formula is C21H17FN2O3. The van der Waals surface area contributed by atoms with Crippen LogP contribution in [0.2, 0.25) is 0 Å². The molecule has 27 heavy (non-hydrogen) atoms. The number of hydrogen-bond donors (Lipinski definition) is 1. The molecule has 1 aromatic heterocycles. The number of nitrogens with one attached hydrogen (secondary N) is 1. The molecule has 3 aromatic rings. The topological polar surface area (TPSA) is 68.3 Å².